The van der Waals surface area contributed by atoms with Crippen LogP contribution in [0.2, 0.25) is 0 Å². The summed E-state index contributed by atoms with van der Waals surface area (Å²) in [7, 11) is 1.89. The summed E-state index contributed by atoms with van der Waals surface area (Å²) in [4.78, 5) is 13.8. The van der Waals surface area contributed by atoms with Crippen LogP contribution in [0.1, 0.15) is 19.4 Å². The predicted molar refractivity (Wildman–Crippen MR) is 63.5 cm³/mol. The molecule has 1 aromatic rings. The van der Waals surface area contributed by atoms with E-state index in [9.17, 15) is 4.79 Å². The molecule has 1 aromatic carbocycles. The number of nitrogens with one attached hydrogen (secondary N) is 1. The Kier molecular flexibility index (Phi) is 2.39. The maximum atomic E-state index is 11.8. The lowest BCUT2D eigenvalue weighted by Crippen LogP contribution is -2.54. The fourth-order valence-corrected chi connectivity index (χ4v) is 1.79. The molecule has 2 rings (SSSR count). The SMILES string of the molecule is CN1c2cc(CO)ccc2NC(=O)C1(C)C. The van der Waals surface area contributed by atoms with E-state index in [-0.39, 0.29) is 12.5 Å². The molecule has 0 atom stereocenters. The van der Waals surface area contributed by atoms with Crippen LogP contribution in [0.4, 0.5) is 11.4 Å². The summed E-state index contributed by atoms with van der Waals surface area (Å²) in [6.45, 7) is 3.75. The second-order valence-corrected chi connectivity index (χ2v) is 4.58. The highest BCUT2D eigenvalue weighted by Crippen LogP contribution is 2.36. The number of amides is 1. The third-order valence-electron chi connectivity index (χ3n) is 3.25. The van der Waals surface area contributed by atoms with Gasteiger partial charge in [-0.05, 0) is 31.5 Å². The zero-order valence-corrected chi connectivity index (χ0v) is 9.74. The summed E-state index contributed by atoms with van der Waals surface area (Å²) >= 11 is 0. The van der Waals surface area contributed by atoms with Gasteiger partial charge in [-0.2, -0.15) is 0 Å². The third kappa shape index (κ3) is 1.46. The van der Waals surface area contributed by atoms with E-state index in [0.29, 0.717) is 0 Å². The lowest BCUT2D eigenvalue weighted by atomic mass is 9.97. The molecule has 1 amide bonds. The lowest BCUT2D eigenvalue weighted by molar-refractivity contribution is -0.120. The van der Waals surface area contributed by atoms with Crippen molar-refractivity contribution in [1.29, 1.82) is 0 Å². The van der Waals surface area contributed by atoms with E-state index >= 15 is 0 Å². The van der Waals surface area contributed by atoms with Crippen molar-refractivity contribution in [2.75, 3.05) is 17.3 Å². The molecule has 0 saturated heterocycles. The minimum atomic E-state index is -0.568. The number of aliphatic hydroxyl groups is 1. The average Bonchev–Trinajstić information content (AvgIpc) is 2.27. The Balaban J connectivity index is 2.52. The highest BCUT2D eigenvalue weighted by Gasteiger charge is 2.37. The zero-order chi connectivity index (χ0) is 11.9. The molecular formula is C12H16N2O2. The second kappa shape index (κ2) is 3.49. The average molecular weight is 220 g/mol. The van der Waals surface area contributed by atoms with E-state index < -0.39 is 5.54 Å². The summed E-state index contributed by atoms with van der Waals surface area (Å²) in [5.74, 6) is -0.0146. The van der Waals surface area contributed by atoms with E-state index in [1.165, 1.54) is 0 Å². The summed E-state index contributed by atoms with van der Waals surface area (Å²) in [5.41, 5.74) is 2.01. The van der Waals surface area contributed by atoms with Gasteiger partial charge in [-0.3, -0.25) is 4.79 Å². The number of carbonyl (C=O) groups is 1. The van der Waals surface area contributed by atoms with Crippen molar-refractivity contribution in [3.63, 3.8) is 0 Å². The number of benzene rings is 1. The van der Waals surface area contributed by atoms with Gasteiger partial charge in [0.05, 0.1) is 18.0 Å². The van der Waals surface area contributed by atoms with Crippen LogP contribution >= 0.6 is 0 Å². The Bertz CT molecular complexity index is 441. The van der Waals surface area contributed by atoms with Gasteiger partial charge in [0.1, 0.15) is 5.54 Å². The van der Waals surface area contributed by atoms with Crippen molar-refractivity contribution in [3.8, 4) is 0 Å². The second-order valence-electron chi connectivity index (χ2n) is 4.58. The fraction of sp³-hybridized carbons (Fsp3) is 0.417. The standard InChI is InChI=1S/C12H16N2O2/c1-12(2)11(16)13-9-5-4-8(7-15)6-10(9)14(12)3/h4-6,15H,7H2,1-3H3,(H,13,16). The van der Waals surface area contributed by atoms with E-state index in [1.54, 1.807) is 0 Å². The molecule has 0 aliphatic carbocycles. The van der Waals surface area contributed by atoms with Gasteiger partial charge in [0.25, 0.3) is 0 Å². The van der Waals surface area contributed by atoms with Crippen LogP contribution in [-0.2, 0) is 11.4 Å². The van der Waals surface area contributed by atoms with Gasteiger partial charge in [-0.25, -0.2) is 0 Å². The Morgan fingerprint density at radius 1 is 1.44 bits per heavy atom. The minimum Gasteiger partial charge on any atom is -0.392 e. The van der Waals surface area contributed by atoms with Crippen LogP contribution < -0.4 is 10.2 Å². The number of hydrogen-bond acceptors (Lipinski definition) is 3. The molecule has 4 nitrogen and oxygen atoms in total. The van der Waals surface area contributed by atoms with E-state index in [0.717, 1.165) is 16.9 Å². The number of hydrogen-bond donors (Lipinski definition) is 2. The van der Waals surface area contributed by atoms with Crippen LogP contribution in [0.3, 0.4) is 0 Å². The first-order valence-corrected chi connectivity index (χ1v) is 5.26. The van der Waals surface area contributed by atoms with Crippen LogP contribution in [0, 0.1) is 0 Å². The van der Waals surface area contributed by atoms with Crippen LogP contribution in [0.25, 0.3) is 0 Å². The molecule has 0 bridgehead atoms. The largest absolute Gasteiger partial charge is 0.392 e. The van der Waals surface area contributed by atoms with Crippen LogP contribution in [-0.4, -0.2) is 23.6 Å². The monoisotopic (exact) mass is 220 g/mol. The molecule has 0 unspecified atom stereocenters. The van der Waals surface area contributed by atoms with Gasteiger partial charge in [0.15, 0.2) is 0 Å². The fourth-order valence-electron chi connectivity index (χ4n) is 1.79. The first kappa shape index (κ1) is 11.0. The quantitative estimate of drug-likeness (QED) is 0.751. The van der Waals surface area contributed by atoms with Crippen molar-refractivity contribution in [2.24, 2.45) is 0 Å². The van der Waals surface area contributed by atoms with Crippen molar-refractivity contribution in [2.45, 2.75) is 26.0 Å². The molecule has 1 heterocycles. The van der Waals surface area contributed by atoms with E-state index in [4.69, 9.17) is 5.11 Å². The van der Waals surface area contributed by atoms with Gasteiger partial charge >= 0.3 is 0 Å². The highest BCUT2D eigenvalue weighted by atomic mass is 16.3. The first-order valence-electron chi connectivity index (χ1n) is 5.26. The molecule has 0 aromatic heterocycles. The molecule has 1 aliphatic rings. The molecule has 0 spiro atoms. The van der Waals surface area contributed by atoms with Gasteiger partial charge in [0.2, 0.25) is 5.91 Å². The lowest BCUT2D eigenvalue weighted by Gasteiger charge is -2.41. The Labute approximate surface area is 94.9 Å². The molecular weight excluding hydrogens is 204 g/mol. The summed E-state index contributed by atoms with van der Waals surface area (Å²) in [5, 5.41) is 12.0. The number of carbonyl (C=O) groups excluding carboxylic acids is 1. The normalized spacial score (nSPS) is 18.0. The summed E-state index contributed by atoms with van der Waals surface area (Å²) in [6.07, 6.45) is 0. The molecule has 2 N–H and O–H groups in total. The molecule has 86 valence electrons. The Morgan fingerprint density at radius 3 is 2.75 bits per heavy atom. The molecule has 0 saturated carbocycles. The van der Waals surface area contributed by atoms with E-state index in [1.807, 2.05) is 44.0 Å². The van der Waals surface area contributed by atoms with Gasteiger partial charge in [-0.15, -0.1) is 0 Å². The van der Waals surface area contributed by atoms with Crippen molar-refractivity contribution in [3.05, 3.63) is 23.8 Å². The smallest absolute Gasteiger partial charge is 0.249 e. The van der Waals surface area contributed by atoms with Crippen molar-refractivity contribution >= 4 is 17.3 Å². The molecule has 4 heteroatoms. The van der Waals surface area contributed by atoms with Crippen LogP contribution in [0.5, 0.6) is 0 Å². The molecule has 0 fully saturated rings. The highest BCUT2D eigenvalue weighted by molar-refractivity contribution is 6.06. The zero-order valence-electron chi connectivity index (χ0n) is 9.74. The van der Waals surface area contributed by atoms with Gasteiger partial charge < -0.3 is 15.3 Å². The number of likely N-dealkylation sites (N-methyl/N-ethyl adjacent to an activating group) is 1. The molecule has 0 radical (unpaired) electrons. The molecule has 1 aliphatic heterocycles. The first-order chi connectivity index (χ1) is 7.46. The molecule has 16 heavy (non-hydrogen) atoms. The maximum Gasteiger partial charge on any atom is 0.249 e. The Morgan fingerprint density at radius 2 is 2.12 bits per heavy atom. The number of nitrogens with zero attached hydrogens (tertiary/aromatic N) is 1. The summed E-state index contributed by atoms with van der Waals surface area (Å²) in [6, 6.07) is 5.53. The predicted octanol–water partition coefficient (Wildman–Crippen LogP) is 1.35. The van der Waals surface area contributed by atoms with Crippen molar-refractivity contribution in [1.82, 2.24) is 0 Å². The van der Waals surface area contributed by atoms with Gasteiger partial charge in [0, 0.05) is 7.05 Å². The summed E-state index contributed by atoms with van der Waals surface area (Å²) < 4.78 is 0. The maximum absolute atomic E-state index is 11.8. The van der Waals surface area contributed by atoms with Crippen LogP contribution in [0.15, 0.2) is 18.2 Å². The number of rotatable bonds is 1. The van der Waals surface area contributed by atoms with Crippen molar-refractivity contribution < 1.29 is 9.90 Å². The minimum absolute atomic E-state index is 0.00942. The number of aliphatic hydroxyl groups excluding tert-OH is 1. The topological polar surface area (TPSA) is 52.6 Å². The number of fused-ring (bicyclic) bond motifs is 1. The Hall–Kier alpha value is -1.55. The van der Waals surface area contributed by atoms with Gasteiger partial charge in [-0.1, -0.05) is 6.07 Å². The third-order valence-corrected chi connectivity index (χ3v) is 3.25. The van der Waals surface area contributed by atoms with E-state index in [2.05, 4.69) is 5.32 Å². The number of anilines is 2.